The summed E-state index contributed by atoms with van der Waals surface area (Å²) in [6.45, 7) is 0.257. The Morgan fingerprint density at radius 3 is 2.97 bits per heavy atom. The Labute approximate surface area is 210 Å². The third-order valence-corrected chi connectivity index (χ3v) is 8.22. The van der Waals surface area contributed by atoms with Gasteiger partial charge in [-0.3, -0.25) is 14.5 Å². The fourth-order valence-corrected chi connectivity index (χ4v) is 6.39. The van der Waals surface area contributed by atoms with E-state index in [-0.39, 0.29) is 28.8 Å². The number of carboxylic acid groups (broad SMARTS) is 1. The number of anilines is 1. The second-order valence-electron chi connectivity index (χ2n) is 7.51. The molecule has 1 unspecified atom stereocenters. The maximum Gasteiger partial charge on any atom is 0.276 e. The SMILES string of the molecule is CON=C(C(=O)NC1C(=O)N2C(C(=O)[O-])=C(C[n+]3ccc4scnc4c3)CS[C@@H]12)c1csc(N)n1. The Kier molecular flexibility index (Phi) is 6.12. The number of oxime groups is 1. The van der Waals surface area contributed by atoms with Crippen LogP contribution in [0.4, 0.5) is 5.13 Å². The molecule has 3 N–H and O–H groups in total. The molecule has 2 aliphatic rings. The number of aliphatic carboxylic acids is 1. The Morgan fingerprint density at radius 1 is 1.43 bits per heavy atom. The van der Waals surface area contributed by atoms with E-state index in [9.17, 15) is 19.5 Å². The van der Waals surface area contributed by atoms with Crippen LogP contribution in [0.3, 0.4) is 0 Å². The lowest BCUT2D eigenvalue weighted by molar-refractivity contribution is -0.687. The highest BCUT2D eigenvalue weighted by atomic mass is 32.2. The second-order valence-corrected chi connectivity index (χ2v) is 10.4. The first-order valence-corrected chi connectivity index (χ1v) is 12.9. The third-order valence-electron chi connectivity index (χ3n) is 5.39. The van der Waals surface area contributed by atoms with Gasteiger partial charge < -0.3 is 25.8 Å². The molecule has 0 radical (unpaired) electrons. The normalized spacial score (nSPS) is 20.0. The molecule has 180 valence electrons. The summed E-state index contributed by atoms with van der Waals surface area (Å²) in [7, 11) is 1.28. The summed E-state index contributed by atoms with van der Waals surface area (Å²) < 4.78 is 2.83. The number of carbonyl (C=O) groups excluding carboxylic acids is 3. The van der Waals surface area contributed by atoms with Gasteiger partial charge in [0.15, 0.2) is 29.8 Å². The quantitative estimate of drug-likeness (QED) is 0.170. The summed E-state index contributed by atoms with van der Waals surface area (Å²) in [5.41, 5.74) is 8.60. The van der Waals surface area contributed by atoms with E-state index < -0.39 is 29.2 Å². The number of pyridine rings is 1. The van der Waals surface area contributed by atoms with Gasteiger partial charge in [-0.25, -0.2) is 9.97 Å². The van der Waals surface area contributed by atoms with Crippen LogP contribution in [0.25, 0.3) is 10.2 Å². The van der Waals surface area contributed by atoms with E-state index in [4.69, 9.17) is 10.6 Å². The number of aromatic nitrogens is 3. The first-order chi connectivity index (χ1) is 16.9. The van der Waals surface area contributed by atoms with Crippen molar-refractivity contribution in [2.24, 2.45) is 5.16 Å². The Hall–Kier alpha value is -3.56. The lowest BCUT2D eigenvalue weighted by atomic mass is 10.0. The van der Waals surface area contributed by atoms with E-state index in [0.29, 0.717) is 11.3 Å². The summed E-state index contributed by atoms with van der Waals surface area (Å²) in [5.74, 6) is -2.35. The van der Waals surface area contributed by atoms with E-state index in [1.165, 1.54) is 35.1 Å². The summed E-state index contributed by atoms with van der Waals surface area (Å²) >= 11 is 3.99. The van der Waals surface area contributed by atoms with Gasteiger partial charge in [0.1, 0.15) is 29.7 Å². The minimum atomic E-state index is -1.45. The predicted octanol–water partition coefficient (Wildman–Crippen LogP) is -0.923. The lowest BCUT2D eigenvalue weighted by Crippen LogP contribution is -2.71. The van der Waals surface area contributed by atoms with Crippen LogP contribution in [0.1, 0.15) is 5.69 Å². The molecule has 35 heavy (non-hydrogen) atoms. The molecule has 2 aliphatic heterocycles. The van der Waals surface area contributed by atoms with E-state index in [1.54, 1.807) is 10.9 Å². The van der Waals surface area contributed by atoms with E-state index in [0.717, 1.165) is 21.6 Å². The van der Waals surface area contributed by atoms with Crippen molar-refractivity contribution in [3.63, 3.8) is 0 Å². The fraction of sp³-hybridized carbons (Fsp3) is 0.250. The van der Waals surface area contributed by atoms with Crippen LogP contribution in [0.15, 0.2) is 45.8 Å². The zero-order chi connectivity index (χ0) is 24.7. The van der Waals surface area contributed by atoms with Gasteiger partial charge >= 0.3 is 0 Å². The number of nitrogens with zero attached hydrogens (tertiary/aromatic N) is 5. The van der Waals surface area contributed by atoms with Gasteiger partial charge in [-0.05, 0) is 0 Å². The summed E-state index contributed by atoms with van der Waals surface area (Å²) in [5, 5.41) is 19.5. The van der Waals surface area contributed by atoms with Crippen molar-refractivity contribution in [1.82, 2.24) is 20.2 Å². The van der Waals surface area contributed by atoms with Crippen molar-refractivity contribution in [2.75, 3.05) is 18.6 Å². The maximum absolute atomic E-state index is 13.0. The van der Waals surface area contributed by atoms with Crippen LogP contribution in [0, 0.1) is 0 Å². The van der Waals surface area contributed by atoms with Gasteiger partial charge in [0.2, 0.25) is 0 Å². The number of β-lactam (4-membered cyclic amide) rings is 1. The number of amides is 2. The Balaban J connectivity index is 1.36. The number of carbonyl (C=O) groups is 3. The fourth-order valence-electron chi connectivity index (χ4n) is 3.86. The minimum Gasteiger partial charge on any atom is -0.543 e. The number of hydrogen-bond donors (Lipinski definition) is 2. The zero-order valence-electron chi connectivity index (χ0n) is 18.0. The number of hydrogen-bond acceptors (Lipinski definition) is 12. The van der Waals surface area contributed by atoms with Gasteiger partial charge in [-0.1, -0.05) is 5.16 Å². The summed E-state index contributed by atoms with van der Waals surface area (Å²) in [6, 6.07) is 0.959. The van der Waals surface area contributed by atoms with Crippen LogP contribution < -0.4 is 20.7 Å². The number of carboxylic acids is 1. The standard InChI is InChI=1S/C20H17N7O5S3/c1-32-25-13(11-7-34-20(21)23-11)16(28)24-14-17(29)27-15(19(30)31)9(6-33-18(14)27)4-26-3-2-12-10(5-26)22-8-35-12/h2-3,5,7-8,14,18H,4,6H2,1H3,(H3-,21,23,24,28,30,31)/t14?,18-/m0/s1. The number of nitrogens with two attached hydrogens (primary N) is 1. The molecule has 0 aliphatic carbocycles. The van der Waals surface area contributed by atoms with Gasteiger partial charge in [-0.2, -0.15) is 4.57 Å². The van der Waals surface area contributed by atoms with Crippen molar-refractivity contribution in [3.8, 4) is 0 Å². The Morgan fingerprint density at radius 2 is 2.26 bits per heavy atom. The average molecular weight is 532 g/mol. The van der Waals surface area contributed by atoms with Crippen LogP contribution in [0.5, 0.6) is 0 Å². The van der Waals surface area contributed by atoms with Crippen molar-refractivity contribution >= 4 is 73.3 Å². The molecular weight excluding hydrogens is 514 g/mol. The molecule has 2 amide bonds. The highest BCUT2D eigenvalue weighted by Crippen LogP contribution is 2.40. The number of thioether (sulfide) groups is 1. The van der Waals surface area contributed by atoms with E-state index >= 15 is 0 Å². The lowest BCUT2D eigenvalue weighted by Gasteiger charge is -2.50. The molecule has 0 spiro atoms. The number of rotatable bonds is 7. The highest BCUT2D eigenvalue weighted by Gasteiger charge is 2.53. The van der Waals surface area contributed by atoms with Crippen LogP contribution in [-0.4, -0.2) is 62.6 Å². The molecule has 5 rings (SSSR count). The minimum absolute atomic E-state index is 0.141. The molecule has 12 nitrogen and oxygen atoms in total. The number of nitrogen functional groups attached to an aromatic ring is 1. The second kappa shape index (κ2) is 9.24. The summed E-state index contributed by atoms with van der Waals surface area (Å²) in [4.78, 5) is 52.1. The molecule has 3 aromatic heterocycles. The zero-order valence-corrected chi connectivity index (χ0v) is 20.5. The third kappa shape index (κ3) is 4.21. The van der Waals surface area contributed by atoms with Crippen LogP contribution >= 0.6 is 34.4 Å². The molecule has 0 aromatic carbocycles. The molecule has 1 saturated heterocycles. The first kappa shape index (κ1) is 23.2. The van der Waals surface area contributed by atoms with Crippen molar-refractivity contribution < 1.29 is 28.9 Å². The van der Waals surface area contributed by atoms with Crippen molar-refractivity contribution in [1.29, 1.82) is 0 Å². The van der Waals surface area contributed by atoms with E-state index in [2.05, 4.69) is 20.4 Å². The molecule has 15 heteroatoms. The van der Waals surface area contributed by atoms with Crippen molar-refractivity contribution in [2.45, 2.75) is 18.0 Å². The molecule has 1 fully saturated rings. The average Bonchev–Trinajstić information content (AvgIpc) is 3.48. The van der Waals surface area contributed by atoms with Gasteiger partial charge in [0.05, 0.1) is 21.9 Å². The maximum atomic E-state index is 13.0. The van der Waals surface area contributed by atoms with Gasteiger partial charge in [0.25, 0.3) is 11.8 Å². The first-order valence-electron chi connectivity index (χ1n) is 10.1. The predicted molar refractivity (Wildman–Crippen MR) is 127 cm³/mol. The molecular formula is C20H17N7O5S3. The molecule has 2 atom stereocenters. The molecule has 3 aromatic rings. The van der Waals surface area contributed by atoms with Gasteiger partial charge in [-0.15, -0.1) is 34.4 Å². The number of thiazole rings is 2. The molecule has 0 saturated carbocycles. The smallest absolute Gasteiger partial charge is 0.276 e. The largest absolute Gasteiger partial charge is 0.543 e. The topological polar surface area (TPSA) is 167 Å². The van der Waals surface area contributed by atoms with Crippen molar-refractivity contribution in [3.05, 3.63) is 46.3 Å². The van der Waals surface area contributed by atoms with Gasteiger partial charge in [0, 0.05) is 22.8 Å². The van der Waals surface area contributed by atoms with Crippen LogP contribution in [-0.2, 0) is 25.8 Å². The summed E-state index contributed by atoms with van der Waals surface area (Å²) in [6.07, 6.45) is 3.66. The number of fused-ring (bicyclic) bond motifs is 2. The monoisotopic (exact) mass is 531 g/mol. The van der Waals surface area contributed by atoms with Crippen LogP contribution in [0.2, 0.25) is 0 Å². The molecule has 0 bridgehead atoms. The molecule has 5 heterocycles. The number of nitrogens with one attached hydrogen (secondary N) is 1. The Bertz CT molecular complexity index is 1410. The highest BCUT2D eigenvalue weighted by molar-refractivity contribution is 8.00. The van der Waals surface area contributed by atoms with E-state index in [1.807, 2.05) is 23.0 Å².